The summed E-state index contributed by atoms with van der Waals surface area (Å²) in [4.78, 5) is 0. The summed E-state index contributed by atoms with van der Waals surface area (Å²) in [6, 6.07) is 18.7. The largest absolute Gasteiger partial charge is 0.488 e. The first-order chi connectivity index (χ1) is 12.9. The number of ether oxygens (including phenoxy) is 1. The van der Waals surface area contributed by atoms with Crippen LogP contribution >= 0.6 is 12.4 Å². The van der Waals surface area contributed by atoms with Crippen molar-refractivity contribution in [2.24, 2.45) is 5.73 Å². The molecule has 0 aromatic heterocycles. The monoisotopic (exact) mass is 407 g/mol. The van der Waals surface area contributed by atoms with Crippen LogP contribution in [0.25, 0.3) is 11.1 Å². The Morgan fingerprint density at radius 2 is 1.61 bits per heavy atom. The van der Waals surface area contributed by atoms with Gasteiger partial charge in [-0.3, -0.25) is 0 Å². The lowest BCUT2D eigenvalue weighted by Gasteiger charge is -2.16. The van der Waals surface area contributed by atoms with Crippen molar-refractivity contribution in [3.8, 4) is 16.9 Å². The lowest BCUT2D eigenvalue weighted by atomic mass is 9.97. The molecular weight excluding hydrogens is 387 g/mol. The molecule has 28 heavy (non-hydrogen) atoms. The van der Waals surface area contributed by atoms with Gasteiger partial charge in [-0.2, -0.15) is 13.2 Å². The summed E-state index contributed by atoms with van der Waals surface area (Å²) in [6.07, 6.45) is -4.37. The molecule has 0 spiro atoms. The Hall–Kier alpha value is -2.50. The Bertz CT molecular complexity index is 927. The van der Waals surface area contributed by atoms with E-state index in [-0.39, 0.29) is 19.0 Å². The van der Waals surface area contributed by atoms with Gasteiger partial charge in [0, 0.05) is 12.1 Å². The van der Waals surface area contributed by atoms with Crippen LogP contribution in [0.1, 0.15) is 22.3 Å². The fourth-order valence-corrected chi connectivity index (χ4v) is 2.98. The molecule has 2 N–H and O–H groups in total. The molecule has 2 nitrogen and oxygen atoms in total. The highest BCUT2D eigenvalue weighted by Crippen LogP contribution is 2.35. The summed E-state index contributed by atoms with van der Waals surface area (Å²) in [5.74, 6) is 0.678. The van der Waals surface area contributed by atoms with Crippen molar-refractivity contribution < 1.29 is 17.9 Å². The predicted octanol–water partition coefficient (Wildman–Crippen LogP) is 6.14. The number of halogens is 4. The van der Waals surface area contributed by atoms with Gasteiger partial charge in [-0.25, -0.2) is 0 Å². The Morgan fingerprint density at radius 3 is 2.25 bits per heavy atom. The summed E-state index contributed by atoms with van der Waals surface area (Å²) >= 11 is 0. The number of hydrogen-bond acceptors (Lipinski definition) is 2. The first kappa shape index (κ1) is 21.8. The average molecular weight is 408 g/mol. The number of nitrogens with two attached hydrogens (primary N) is 1. The molecule has 3 rings (SSSR count). The third-order valence-corrected chi connectivity index (χ3v) is 4.32. The van der Waals surface area contributed by atoms with Gasteiger partial charge >= 0.3 is 6.18 Å². The van der Waals surface area contributed by atoms with E-state index in [4.69, 9.17) is 10.5 Å². The van der Waals surface area contributed by atoms with E-state index >= 15 is 0 Å². The molecule has 0 radical (unpaired) electrons. The van der Waals surface area contributed by atoms with E-state index in [2.05, 4.69) is 0 Å². The molecule has 0 atom stereocenters. The normalized spacial score (nSPS) is 11.0. The zero-order chi connectivity index (χ0) is 19.4. The van der Waals surface area contributed by atoms with E-state index in [9.17, 15) is 13.2 Å². The third kappa shape index (κ3) is 5.06. The maximum absolute atomic E-state index is 13.0. The van der Waals surface area contributed by atoms with E-state index in [1.54, 1.807) is 12.1 Å². The van der Waals surface area contributed by atoms with Crippen LogP contribution in [-0.2, 0) is 19.3 Å². The fraction of sp³-hybridized carbons (Fsp3) is 0.182. The van der Waals surface area contributed by atoms with Crippen LogP contribution in [0.5, 0.6) is 5.75 Å². The zero-order valence-corrected chi connectivity index (χ0v) is 16.1. The summed E-state index contributed by atoms with van der Waals surface area (Å²) in [6.45, 7) is 2.51. The van der Waals surface area contributed by atoms with E-state index in [1.807, 2.05) is 43.3 Å². The van der Waals surface area contributed by atoms with E-state index in [0.717, 1.165) is 28.8 Å². The Labute approximate surface area is 168 Å². The van der Waals surface area contributed by atoms with E-state index in [1.165, 1.54) is 6.07 Å². The Kier molecular flexibility index (Phi) is 7.11. The highest BCUT2D eigenvalue weighted by atomic mass is 35.5. The topological polar surface area (TPSA) is 35.2 Å². The number of hydrogen-bond donors (Lipinski definition) is 1. The summed E-state index contributed by atoms with van der Waals surface area (Å²) < 4.78 is 44.9. The second kappa shape index (κ2) is 9.13. The molecule has 0 aliphatic heterocycles. The predicted molar refractivity (Wildman–Crippen MR) is 108 cm³/mol. The second-order valence-corrected chi connectivity index (χ2v) is 6.34. The molecule has 0 bridgehead atoms. The molecular formula is C22H21ClF3NO. The lowest BCUT2D eigenvalue weighted by Crippen LogP contribution is -2.06. The maximum atomic E-state index is 13.0. The van der Waals surface area contributed by atoms with Crippen LogP contribution in [0, 0.1) is 6.92 Å². The first-order valence-electron chi connectivity index (χ1n) is 8.56. The van der Waals surface area contributed by atoms with Gasteiger partial charge < -0.3 is 10.5 Å². The van der Waals surface area contributed by atoms with Crippen LogP contribution in [0.2, 0.25) is 0 Å². The van der Waals surface area contributed by atoms with Crippen LogP contribution in [0.3, 0.4) is 0 Å². The van der Waals surface area contributed by atoms with Gasteiger partial charge in [0.25, 0.3) is 0 Å². The number of alkyl halides is 3. The fourth-order valence-electron chi connectivity index (χ4n) is 2.98. The molecule has 0 saturated heterocycles. The number of aryl methyl sites for hydroxylation is 1. The third-order valence-electron chi connectivity index (χ3n) is 4.32. The van der Waals surface area contributed by atoms with Crippen molar-refractivity contribution in [2.75, 3.05) is 0 Å². The van der Waals surface area contributed by atoms with Gasteiger partial charge in [0.05, 0.1) is 5.56 Å². The minimum absolute atomic E-state index is 0. The van der Waals surface area contributed by atoms with Crippen molar-refractivity contribution in [3.63, 3.8) is 0 Å². The quantitative estimate of drug-likeness (QED) is 0.551. The van der Waals surface area contributed by atoms with Crippen molar-refractivity contribution in [1.82, 2.24) is 0 Å². The van der Waals surface area contributed by atoms with E-state index in [0.29, 0.717) is 23.5 Å². The van der Waals surface area contributed by atoms with Crippen LogP contribution in [0.15, 0.2) is 66.7 Å². The van der Waals surface area contributed by atoms with Crippen LogP contribution < -0.4 is 10.5 Å². The molecule has 3 aromatic carbocycles. The van der Waals surface area contributed by atoms with Crippen molar-refractivity contribution >= 4 is 12.4 Å². The van der Waals surface area contributed by atoms with Gasteiger partial charge in [0.1, 0.15) is 12.4 Å². The summed E-state index contributed by atoms with van der Waals surface area (Å²) in [7, 11) is 0. The minimum atomic E-state index is -4.37. The van der Waals surface area contributed by atoms with Crippen molar-refractivity contribution in [1.29, 1.82) is 0 Å². The molecule has 0 saturated carbocycles. The molecule has 0 aliphatic carbocycles. The van der Waals surface area contributed by atoms with Crippen molar-refractivity contribution in [3.05, 3.63) is 89.0 Å². The Morgan fingerprint density at radius 1 is 0.893 bits per heavy atom. The molecule has 0 aliphatic rings. The number of benzene rings is 3. The van der Waals surface area contributed by atoms with Gasteiger partial charge in [0.15, 0.2) is 0 Å². The molecule has 0 unspecified atom stereocenters. The van der Waals surface area contributed by atoms with Crippen LogP contribution in [-0.4, -0.2) is 0 Å². The molecule has 0 fully saturated rings. The zero-order valence-electron chi connectivity index (χ0n) is 15.3. The van der Waals surface area contributed by atoms with E-state index < -0.39 is 11.7 Å². The molecule has 0 amide bonds. The summed E-state index contributed by atoms with van der Waals surface area (Å²) in [5.41, 5.74) is 9.01. The maximum Gasteiger partial charge on any atom is 0.416 e. The molecule has 6 heteroatoms. The number of rotatable bonds is 5. The van der Waals surface area contributed by atoms with Gasteiger partial charge in [0.2, 0.25) is 0 Å². The average Bonchev–Trinajstić information content (AvgIpc) is 2.66. The smallest absolute Gasteiger partial charge is 0.416 e. The van der Waals surface area contributed by atoms with Gasteiger partial charge in [-0.15, -0.1) is 12.4 Å². The van der Waals surface area contributed by atoms with Gasteiger partial charge in [-0.05, 0) is 53.4 Å². The second-order valence-electron chi connectivity index (χ2n) is 6.34. The highest BCUT2D eigenvalue weighted by molar-refractivity contribution is 5.85. The molecule has 148 valence electrons. The highest BCUT2D eigenvalue weighted by Gasteiger charge is 2.30. The van der Waals surface area contributed by atoms with Crippen LogP contribution in [0.4, 0.5) is 13.2 Å². The Balaban J connectivity index is 0.00000280. The minimum Gasteiger partial charge on any atom is -0.488 e. The summed E-state index contributed by atoms with van der Waals surface area (Å²) in [5, 5.41) is 0. The standard InChI is InChI=1S/C22H20F3NO.ClH/c1-15-10-18(17-8-5-9-20(12-17)22(23,24)25)11-19(13-26)21(15)27-14-16-6-3-2-4-7-16;/h2-12H,13-14,26H2,1H3;1H. The molecule has 3 aromatic rings. The van der Waals surface area contributed by atoms with Crippen molar-refractivity contribution in [2.45, 2.75) is 26.3 Å². The first-order valence-corrected chi connectivity index (χ1v) is 8.56. The lowest BCUT2D eigenvalue weighted by molar-refractivity contribution is -0.137. The molecule has 0 heterocycles. The van der Waals surface area contributed by atoms with Gasteiger partial charge in [-0.1, -0.05) is 42.5 Å². The SMILES string of the molecule is Cc1cc(-c2cccc(C(F)(F)F)c2)cc(CN)c1OCc1ccccc1.Cl.